The molecule has 0 aromatic heterocycles. The van der Waals surface area contributed by atoms with Crippen molar-refractivity contribution < 1.29 is 19.4 Å². The van der Waals surface area contributed by atoms with Crippen LogP contribution in [0.5, 0.6) is 11.5 Å². The number of methoxy groups -OCH3 is 1. The number of benzene rings is 2. The fourth-order valence-electron chi connectivity index (χ4n) is 2.02. The van der Waals surface area contributed by atoms with Crippen molar-refractivity contribution in [3.63, 3.8) is 0 Å². The van der Waals surface area contributed by atoms with E-state index in [-0.39, 0.29) is 12.6 Å². The second-order valence-corrected chi connectivity index (χ2v) is 5.46. The molecule has 6 nitrogen and oxygen atoms in total. The van der Waals surface area contributed by atoms with Gasteiger partial charge in [0.25, 0.3) is 0 Å². The van der Waals surface area contributed by atoms with Crippen molar-refractivity contribution in [2.75, 3.05) is 33.1 Å². The molecular weight excluding hydrogens is 308 g/mol. The molecule has 1 atom stereocenters. The Hall–Kier alpha value is -2.73. The minimum absolute atomic E-state index is 0.0955. The number of ether oxygens (including phenoxy) is 2. The van der Waals surface area contributed by atoms with E-state index < -0.39 is 6.10 Å². The normalized spacial score (nSPS) is 11.5. The molecule has 0 heterocycles. The van der Waals surface area contributed by atoms with Crippen molar-refractivity contribution in [3.8, 4) is 11.5 Å². The topological polar surface area (TPSA) is 71.0 Å². The van der Waals surface area contributed by atoms with Gasteiger partial charge in [-0.1, -0.05) is 18.2 Å². The Bertz CT molecular complexity index is 688. The molecule has 0 spiro atoms. The van der Waals surface area contributed by atoms with Gasteiger partial charge in [-0.2, -0.15) is 0 Å². The van der Waals surface area contributed by atoms with Gasteiger partial charge >= 0.3 is 6.03 Å². The first-order valence-electron chi connectivity index (χ1n) is 7.53. The fraction of sp³-hybridized carbons (Fsp3) is 0.278. The molecule has 24 heavy (non-hydrogen) atoms. The SMILES string of the molecule is COc1cccc(C(O)COc2cccc(NC(=O)N(C)C)c2)c1. The maximum absolute atomic E-state index is 11.7. The molecule has 1 unspecified atom stereocenters. The third-order valence-electron chi connectivity index (χ3n) is 3.38. The highest BCUT2D eigenvalue weighted by Crippen LogP contribution is 2.22. The van der Waals surface area contributed by atoms with Crippen LogP contribution < -0.4 is 14.8 Å². The lowest BCUT2D eigenvalue weighted by atomic mass is 10.1. The summed E-state index contributed by atoms with van der Waals surface area (Å²) in [6.07, 6.45) is -0.778. The number of nitrogens with one attached hydrogen (secondary N) is 1. The number of aliphatic hydroxyl groups is 1. The van der Waals surface area contributed by atoms with Crippen LogP contribution in [0.15, 0.2) is 48.5 Å². The Kier molecular flexibility index (Phi) is 6.03. The monoisotopic (exact) mass is 330 g/mol. The van der Waals surface area contributed by atoms with Crippen molar-refractivity contribution in [2.24, 2.45) is 0 Å². The summed E-state index contributed by atoms with van der Waals surface area (Å²) in [7, 11) is 4.91. The minimum atomic E-state index is -0.778. The molecule has 2 aromatic rings. The van der Waals surface area contributed by atoms with E-state index in [9.17, 15) is 9.90 Å². The minimum Gasteiger partial charge on any atom is -0.497 e. The van der Waals surface area contributed by atoms with E-state index in [1.54, 1.807) is 51.5 Å². The van der Waals surface area contributed by atoms with E-state index in [1.807, 2.05) is 18.2 Å². The summed E-state index contributed by atoms with van der Waals surface area (Å²) >= 11 is 0. The number of amides is 2. The quantitative estimate of drug-likeness (QED) is 0.854. The van der Waals surface area contributed by atoms with Crippen LogP contribution in [-0.4, -0.2) is 43.8 Å². The zero-order chi connectivity index (χ0) is 17.5. The standard InChI is InChI=1S/C18H22N2O4/c1-20(2)18(22)19-14-7-5-9-16(11-14)24-12-17(21)13-6-4-8-15(10-13)23-3/h4-11,17,21H,12H2,1-3H3,(H,19,22). The first-order chi connectivity index (χ1) is 11.5. The van der Waals surface area contributed by atoms with Crippen molar-refractivity contribution in [1.82, 2.24) is 4.90 Å². The highest BCUT2D eigenvalue weighted by atomic mass is 16.5. The van der Waals surface area contributed by atoms with E-state index in [1.165, 1.54) is 4.90 Å². The van der Waals surface area contributed by atoms with Crippen LogP contribution in [0.4, 0.5) is 10.5 Å². The lowest BCUT2D eigenvalue weighted by Gasteiger charge is -2.15. The fourth-order valence-corrected chi connectivity index (χ4v) is 2.02. The third kappa shape index (κ3) is 4.89. The number of carbonyl (C=O) groups is 1. The van der Waals surface area contributed by atoms with E-state index in [2.05, 4.69) is 5.32 Å². The predicted octanol–water partition coefficient (Wildman–Crippen LogP) is 2.90. The van der Waals surface area contributed by atoms with Crippen LogP contribution >= 0.6 is 0 Å². The number of urea groups is 1. The summed E-state index contributed by atoms with van der Waals surface area (Å²) in [6.45, 7) is 0.0955. The predicted molar refractivity (Wildman–Crippen MR) is 92.6 cm³/mol. The highest BCUT2D eigenvalue weighted by Gasteiger charge is 2.10. The van der Waals surface area contributed by atoms with E-state index in [0.29, 0.717) is 22.7 Å². The maximum atomic E-state index is 11.7. The molecule has 2 rings (SSSR count). The highest BCUT2D eigenvalue weighted by molar-refractivity contribution is 5.89. The lowest BCUT2D eigenvalue weighted by Crippen LogP contribution is -2.27. The van der Waals surface area contributed by atoms with E-state index in [0.717, 1.165) is 0 Å². The molecule has 0 saturated heterocycles. The average Bonchev–Trinajstić information content (AvgIpc) is 2.60. The van der Waals surface area contributed by atoms with Gasteiger partial charge in [0.1, 0.15) is 24.2 Å². The Morgan fingerprint density at radius 3 is 2.58 bits per heavy atom. The number of nitrogens with zero attached hydrogens (tertiary/aromatic N) is 1. The van der Waals surface area contributed by atoms with Crippen molar-refractivity contribution in [3.05, 3.63) is 54.1 Å². The molecule has 2 N–H and O–H groups in total. The van der Waals surface area contributed by atoms with Gasteiger partial charge in [-0.05, 0) is 29.8 Å². The molecular formula is C18H22N2O4. The Labute approximate surface area is 141 Å². The third-order valence-corrected chi connectivity index (χ3v) is 3.38. The second kappa shape index (κ2) is 8.21. The molecule has 0 aliphatic rings. The van der Waals surface area contributed by atoms with E-state index >= 15 is 0 Å². The Balaban J connectivity index is 1.97. The molecule has 0 fully saturated rings. The van der Waals surface area contributed by atoms with Crippen molar-refractivity contribution in [1.29, 1.82) is 0 Å². The molecule has 0 radical (unpaired) electrons. The maximum Gasteiger partial charge on any atom is 0.321 e. The van der Waals surface area contributed by atoms with Gasteiger partial charge in [0.15, 0.2) is 0 Å². The van der Waals surface area contributed by atoms with E-state index in [4.69, 9.17) is 9.47 Å². The summed E-state index contributed by atoms with van der Waals surface area (Å²) < 4.78 is 10.8. The number of aliphatic hydroxyl groups excluding tert-OH is 1. The van der Waals surface area contributed by atoms with Crippen LogP contribution in [0, 0.1) is 0 Å². The van der Waals surface area contributed by atoms with Crippen molar-refractivity contribution in [2.45, 2.75) is 6.10 Å². The average molecular weight is 330 g/mol. The summed E-state index contributed by atoms with van der Waals surface area (Å²) in [5.74, 6) is 1.24. The first kappa shape index (κ1) is 17.6. The molecule has 6 heteroatoms. The summed E-state index contributed by atoms with van der Waals surface area (Å²) in [4.78, 5) is 13.1. The number of hydrogen-bond acceptors (Lipinski definition) is 4. The van der Waals surface area contributed by atoms with Crippen LogP contribution in [0.2, 0.25) is 0 Å². The molecule has 0 saturated carbocycles. The molecule has 0 aliphatic heterocycles. The lowest BCUT2D eigenvalue weighted by molar-refractivity contribution is 0.108. The molecule has 128 valence electrons. The van der Waals surface area contributed by atoms with Gasteiger partial charge in [-0.15, -0.1) is 0 Å². The van der Waals surface area contributed by atoms with Gasteiger partial charge in [0.05, 0.1) is 7.11 Å². The summed E-state index contributed by atoms with van der Waals surface area (Å²) in [5.41, 5.74) is 1.34. The van der Waals surface area contributed by atoms with Gasteiger partial charge < -0.3 is 24.8 Å². The van der Waals surface area contributed by atoms with Crippen LogP contribution in [-0.2, 0) is 0 Å². The molecule has 0 aliphatic carbocycles. The van der Waals surface area contributed by atoms with Gasteiger partial charge in [-0.25, -0.2) is 4.79 Å². The molecule has 2 amide bonds. The van der Waals surface area contributed by atoms with Gasteiger partial charge in [0, 0.05) is 25.8 Å². The second-order valence-electron chi connectivity index (χ2n) is 5.46. The van der Waals surface area contributed by atoms with Crippen LogP contribution in [0.25, 0.3) is 0 Å². The Morgan fingerprint density at radius 1 is 1.17 bits per heavy atom. The summed E-state index contributed by atoms with van der Waals surface area (Å²) in [6, 6.07) is 14.0. The zero-order valence-electron chi connectivity index (χ0n) is 14.0. The molecule has 2 aromatic carbocycles. The van der Waals surface area contributed by atoms with Gasteiger partial charge in [0.2, 0.25) is 0 Å². The summed E-state index contributed by atoms with van der Waals surface area (Å²) in [5, 5.41) is 13.0. The smallest absolute Gasteiger partial charge is 0.321 e. The molecule has 0 bridgehead atoms. The Morgan fingerprint density at radius 2 is 1.88 bits per heavy atom. The number of anilines is 1. The first-order valence-corrected chi connectivity index (χ1v) is 7.53. The van der Waals surface area contributed by atoms with Gasteiger partial charge in [-0.3, -0.25) is 0 Å². The largest absolute Gasteiger partial charge is 0.497 e. The van der Waals surface area contributed by atoms with Crippen LogP contribution in [0.3, 0.4) is 0 Å². The zero-order valence-corrected chi connectivity index (χ0v) is 14.0. The van der Waals surface area contributed by atoms with Crippen LogP contribution in [0.1, 0.15) is 11.7 Å². The number of carbonyl (C=O) groups excluding carboxylic acids is 1. The number of hydrogen-bond donors (Lipinski definition) is 2. The van der Waals surface area contributed by atoms with Crippen molar-refractivity contribution >= 4 is 11.7 Å². The number of rotatable bonds is 6.